The summed E-state index contributed by atoms with van der Waals surface area (Å²) >= 11 is 7.45. The number of fused-ring (bicyclic) bond motifs is 1. The Morgan fingerprint density at radius 1 is 1.08 bits per heavy atom. The van der Waals surface area contributed by atoms with Crippen LogP contribution in [0, 0.1) is 0 Å². The quantitative estimate of drug-likeness (QED) is 0.744. The fraction of sp³-hybridized carbons (Fsp3) is 0.350. The molecule has 0 saturated heterocycles. The monoisotopic (exact) mass is 359 g/mol. The maximum Gasteiger partial charge on any atom is 0.233 e. The number of hydrogen-bond donors (Lipinski definition) is 1. The highest BCUT2D eigenvalue weighted by molar-refractivity contribution is 8.00. The van der Waals surface area contributed by atoms with Gasteiger partial charge in [0.1, 0.15) is 0 Å². The van der Waals surface area contributed by atoms with Crippen LogP contribution in [0.4, 0.5) is 0 Å². The van der Waals surface area contributed by atoms with Gasteiger partial charge in [-0.25, -0.2) is 0 Å². The van der Waals surface area contributed by atoms with Crippen LogP contribution in [0.3, 0.4) is 0 Å². The molecule has 0 saturated carbocycles. The van der Waals surface area contributed by atoms with Gasteiger partial charge in [-0.1, -0.05) is 29.8 Å². The predicted octanol–water partition coefficient (Wildman–Crippen LogP) is 5.19. The molecule has 0 aromatic heterocycles. The molecule has 126 valence electrons. The van der Waals surface area contributed by atoms with Gasteiger partial charge in [0.05, 0.1) is 11.3 Å². The van der Waals surface area contributed by atoms with E-state index in [1.807, 2.05) is 38.1 Å². The molecule has 2 atom stereocenters. The molecular weight excluding hydrogens is 338 g/mol. The zero-order chi connectivity index (χ0) is 17.1. The lowest BCUT2D eigenvalue weighted by atomic mass is 10.0. The van der Waals surface area contributed by atoms with Crippen LogP contribution in [-0.4, -0.2) is 11.2 Å². The first-order valence-corrected chi connectivity index (χ1v) is 9.63. The number of benzene rings is 2. The Kier molecular flexibility index (Phi) is 5.52. The fourth-order valence-corrected chi connectivity index (χ4v) is 4.05. The van der Waals surface area contributed by atoms with Crippen LogP contribution in [0.25, 0.3) is 0 Å². The zero-order valence-electron chi connectivity index (χ0n) is 14.0. The van der Waals surface area contributed by atoms with Gasteiger partial charge in [0.2, 0.25) is 5.91 Å². The van der Waals surface area contributed by atoms with Crippen LogP contribution in [0.1, 0.15) is 43.0 Å². The minimum atomic E-state index is -0.150. The topological polar surface area (TPSA) is 29.1 Å². The van der Waals surface area contributed by atoms with E-state index in [0.29, 0.717) is 5.02 Å². The number of rotatable bonds is 5. The number of amides is 1. The van der Waals surface area contributed by atoms with Crippen LogP contribution >= 0.6 is 23.4 Å². The van der Waals surface area contributed by atoms with Crippen molar-refractivity contribution in [3.63, 3.8) is 0 Å². The Morgan fingerprint density at radius 3 is 2.54 bits per heavy atom. The van der Waals surface area contributed by atoms with Crippen LogP contribution in [0.5, 0.6) is 0 Å². The standard InChI is InChI=1S/C20H22ClNOS/c1-13(16-7-6-15-4-3-5-17(15)12-16)22-20(23)14(2)24-19-10-8-18(21)9-11-19/h6-14H,3-5H2,1-2H3,(H,22,23)/t13-,14+/m1/s1. The Labute approximate surface area is 153 Å². The summed E-state index contributed by atoms with van der Waals surface area (Å²) < 4.78 is 0. The van der Waals surface area contributed by atoms with Crippen LogP contribution in [0.2, 0.25) is 5.02 Å². The highest BCUT2D eigenvalue weighted by atomic mass is 35.5. The molecule has 4 heteroatoms. The first-order valence-electron chi connectivity index (χ1n) is 8.37. The molecule has 0 heterocycles. The summed E-state index contributed by atoms with van der Waals surface area (Å²) in [5.74, 6) is 0.0583. The van der Waals surface area contributed by atoms with Gasteiger partial charge in [0.25, 0.3) is 0 Å². The molecule has 1 N–H and O–H groups in total. The second-order valence-electron chi connectivity index (χ2n) is 6.33. The Hall–Kier alpha value is -1.45. The number of halogens is 1. The molecule has 24 heavy (non-hydrogen) atoms. The number of hydrogen-bond acceptors (Lipinski definition) is 2. The van der Waals surface area contributed by atoms with Gasteiger partial charge in [0.15, 0.2) is 0 Å². The minimum Gasteiger partial charge on any atom is -0.349 e. The molecule has 0 unspecified atom stereocenters. The van der Waals surface area contributed by atoms with Crippen molar-refractivity contribution in [3.8, 4) is 0 Å². The molecular formula is C20H22ClNOS. The van der Waals surface area contributed by atoms with Gasteiger partial charge in [-0.2, -0.15) is 0 Å². The molecule has 2 nitrogen and oxygen atoms in total. The Balaban J connectivity index is 1.60. The van der Waals surface area contributed by atoms with E-state index in [9.17, 15) is 4.79 Å². The number of carbonyl (C=O) groups excluding carboxylic acids is 1. The van der Waals surface area contributed by atoms with Crippen molar-refractivity contribution in [2.45, 2.75) is 49.3 Å². The number of carbonyl (C=O) groups is 1. The van der Waals surface area contributed by atoms with Crippen molar-refractivity contribution < 1.29 is 4.79 Å². The largest absolute Gasteiger partial charge is 0.349 e. The third-order valence-electron chi connectivity index (χ3n) is 4.48. The van der Waals surface area contributed by atoms with Crippen LogP contribution < -0.4 is 5.32 Å². The van der Waals surface area contributed by atoms with E-state index in [0.717, 1.165) is 11.3 Å². The van der Waals surface area contributed by atoms with Crippen molar-refractivity contribution in [2.75, 3.05) is 0 Å². The predicted molar refractivity (Wildman–Crippen MR) is 102 cm³/mol. The van der Waals surface area contributed by atoms with E-state index in [4.69, 9.17) is 11.6 Å². The summed E-state index contributed by atoms with van der Waals surface area (Å²) in [5, 5.41) is 3.69. The van der Waals surface area contributed by atoms with Crippen molar-refractivity contribution >= 4 is 29.3 Å². The highest BCUT2D eigenvalue weighted by Crippen LogP contribution is 2.27. The highest BCUT2D eigenvalue weighted by Gasteiger charge is 2.19. The van der Waals surface area contributed by atoms with Gasteiger partial charge in [-0.15, -0.1) is 11.8 Å². The first kappa shape index (κ1) is 17.4. The molecule has 2 aromatic carbocycles. The molecule has 0 radical (unpaired) electrons. The molecule has 0 spiro atoms. The van der Waals surface area contributed by atoms with E-state index in [1.165, 1.54) is 29.5 Å². The number of thioether (sulfide) groups is 1. The smallest absolute Gasteiger partial charge is 0.233 e. The van der Waals surface area contributed by atoms with E-state index >= 15 is 0 Å². The Morgan fingerprint density at radius 2 is 1.79 bits per heavy atom. The lowest BCUT2D eigenvalue weighted by molar-refractivity contribution is -0.120. The van der Waals surface area contributed by atoms with E-state index < -0.39 is 0 Å². The summed E-state index contributed by atoms with van der Waals surface area (Å²) in [6.07, 6.45) is 3.59. The van der Waals surface area contributed by atoms with Gasteiger partial charge in [-0.05, 0) is 74.1 Å². The maximum atomic E-state index is 12.5. The number of nitrogens with one attached hydrogen (secondary N) is 1. The second kappa shape index (κ2) is 7.62. The average molecular weight is 360 g/mol. The summed E-state index contributed by atoms with van der Waals surface area (Å²) in [5.41, 5.74) is 4.09. The SMILES string of the molecule is C[C@H](Sc1ccc(Cl)cc1)C(=O)N[C@H](C)c1ccc2c(c1)CCC2. The zero-order valence-corrected chi connectivity index (χ0v) is 15.6. The second-order valence-corrected chi connectivity index (χ2v) is 8.18. The summed E-state index contributed by atoms with van der Waals surface area (Å²) in [6, 6.07) is 14.2. The Bertz CT molecular complexity index is 729. The van der Waals surface area contributed by atoms with Crippen molar-refractivity contribution in [1.82, 2.24) is 5.32 Å². The van der Waals surface area contributed by atoms with E-state index in [2.05, 4.69) is 23.5 Å². The molecule has 1 aliphatic carbocycles. The van der Waals surface area contributed by atoms with Gasteiger partial charge in [-0.3, -0.25) is 4.79 Å². The van der Waals surface area contributed by atoms with Gasteiger partial charge >= 0.3 is 0 Å². The summed E-state index contributed by atoms with van der Waals surface area (Å²) in [7, 11) is 0. The van der Waals surface area contributed by atoms with Crippen molar-refractivity contribution in [2.24, 2.45) is 0 Å². The maximum absolute atomic E-state index is 12.5. The third-order valence-corrected chi connectivity index (χ3v) is 5.84. The third kappa shape index (κ3) is 4.14. The molecule has 0 aliphatic heterocycles. The molecule has 1 amide bonds. The fourth-order valence-electron chi connectivity index (χ4n) is 3.05. The number of aryl methyl sites for hydroxylation is 2. The molecule has 2 aromatic rings. The van der Waals surface area contributed by atoms with Crippen LogP contribution in [-0.2, 0) is 17.6 Å². The molecule has 0 bridgehead atoms. The van der Waals surface area contributed by atoms with E-state index in [1.54, 1.807) is 11.8 Å². The van der Waals surface area contributed by atoms with Crippen LogP contribution in [0.15, 0.2) is 47.4 Å². The average Bonchev–Trinajstić information content (AvgIpc) is 3.04. The van der Waals surface area contributed by atoms with Crippen molar-refractivity contribution in [3.05, 3.63) is 64.2 Å². The minimum absolute atomic E-state index is 0.0247. The van der Waals surface area contributed by atoms with E-state index in [-0.39, 0.29) is 17.2 Å². The van der Waals surface area contributed by atoms with Gasteiger partial charge in [0, 0.05) is 9.92 Å². The van der Waals surface area contributed by atoms with Gasteiger partial charge < -0.3 is 5.32 Å². The normalized spacial score (nSPS) is 15.6. The lowest BCUT2D eigenvalue weighted by Gasteiger charge is -2.18. The summed E-state index contributed by atoms with van der Waals surface area (Å²) in [4.78, 5) is 13.5. The lowest BCUT2D eigenvalue weighted by Crippen LogP contribution is -2.33. The first-order chi connectivity index (χ1) is 11.5. The molecule has 0 fully saturated rings. The van der Waals surface area contributed by atoms with Crippen molar-refractivity contribution in [1.29, 1.82) is 0 Å². The molecule has 3 rings (SSSR count). The summed E-state index contributed by atoms with van der Waals surface area (Å²) in [6.45, 7) is 3.98. The molecule has 1 aliphatic rings.